The van der Waals surface area contributed by atoms with Crippen molar-refractivity contribution in [1.82, 2.24) is 0 Å². The van der Waals surface area contributed by atoms with Crippen LogP contribution in [0.2, 0.25) is 0 Å². The summed E-state index contributed by atoms with van der Waals surface area (Å²) in [6.45, 7) is 2.08. The van der Waals surface area contributed by atoms with E-state index >= 15 is 0 Å². The van der Waals surface area contributed by atoms with Gasteiger partial charge >= 0.3 is 0 Å². The summed E-state index contributed by atoms with van der Waals surface area (Å²) < 4.78 is 0. The van der Waals surface area contributed by atoms with Gasteiger partial charge in [-0.15, -0.1) is 0 Å². The Balaban J connectivity index is 2.32. The average molecular weight is 53.1 g/mol. The predicted octanol–water partition coefficient (Wildman–Crippen LogP) is 1.15. The molecule has 0 saturated heterocycles. The van der Waals surface area contributed by atoms with Crippen molar-refractivity contribution in [2.45, 2.75) is 6.92 Å². The molecule has 1 aliphatic carbocycles. The van der Waals surface area contributed by atoms with Gasteiger partial charge in [0.1, 0.15) is 0 Å². The van der Waals surface area contributed by atoms with Crippen LogP contribution in [0.3, 0.4) is 0 Å². The van der Waals surface area contributed by atoms with Gasteiger partial charge in [0.25, 0.3) is 0 Å². The van der Waals surface area contributed by atoms with Crippen LogP contribution in [0.25, 0.3) is 0 Å². The molecule has 0 nitrogen and oxygen atoms in total. The van der Waals surface area contributed by atoms with Gasteiger partial charge in [-0.2, -0.15) is 0 Å². The van der Waals surface area contributed by atoms with E-state index < -0.39 is 0 Å². The fourth-order valence-corrected chi connectivity index (χ4v) is 0.0833. The van der Waals surface area contributed by atoms with Gasteiger partial charge in [0.2, 0.25) is 0 Å². The van der Waals surface area contributed by atoms with E-state index in [2.05, 4.69) is 19.1 Å². The smallest absolute Gasteiger partial charge is 0.0156 e. The van der Waals surface area contributed by atoms with Gasteiger partial charge in [-0.25, -0.2) is 0 Å². The second-order valence-corrected chi connectivity index (χ2v) is 1.08. The van der Waals surface area contributed by atoms with Gasteiger partial charge in [0.15, 0.2) is 0 Å². The van der Waals surface area contributed by atoms with Crippen LogP contribution in [0.4, 0.5) is 0 Å². The van der Waals surface area contributed by atoms with Crippen molar-refractivity contribution >= 4 is 0 Å². The second-order valence-electron chi connectivity index (χ2n) is 1.08. The second kappa shape index (κ2) is 0.369. The molecular weight excluding hydrogens is 48.0 g/mol. The molecule has 0 aromatic carbocycles. The number of hydrogen-bond acceptors (Lipinski definition) is 0. The first kappa shape index (κ1) is 2.01. The highest BCUT2D eigenvalue weighted by Gasteiger charge is 1.98. The van der Waals surface area contributed by atoms with Gasteiger partial charge in [-0.1, -0.05) is 19.1 Å². The van der Waals surface area contributed by atoms with E-state index in [9.17, 15) is 0 Å². The molecule has 0 fully saturated rings. The molecule has 0 saturated carbocycles. The summed E-state index contributed by atoms with van der Waals surface area (Å²) in [4.78, 5) is 0. The van der Waals surface area contributed by atoms with Crippen molar-refractivity contribution < 1.29 is 0 Å². The Labute approximate surface area is 26.1 Å². The molecule has 0 aromatic heterocycles. The van der Waals surface area contributed by atoms with Crippen molar-refractivity contribution in [3.8, 4) is 0 Å². The largest absolute Gasteiger partial charge is 0.0768 e. The summed E-state index contributed by atoms with van der Waals surface area (Å²) in [5.74, 6) is 1.42. The zero-order chi connectivity index (χ0) is 2.99. The topological polar surface area (TPSA) is 0 Å². The SMILES string of the molecule is C[C]1C=C1. The summed E-state index contributed by atoms with van der Waals surface area (Å²) >= 11 is 0. The Hall–Kier alpha value is -0.260. The monoisotopic (exact) mass is 53.0 g/mol. The Morgan fingerprint density at radius 3 is 1.75 bits per heavy atom. The van der Waals surface area contributed by atoms with E-state index in [0.717, 1.165) is 0 Å². The van der Waals surface area contributed by atoms with E-state index in [1.807, 2.05) is 0 Å². The summed E-state index contributed by atoms with van der Waals surface area (Å²) in [6, 6.07) is 0. The molecule has 0 N–H and O–H groups in total. The number of allylic oxidation sites excluding steroid dienone is 2. The maximum Gasteiger partial charge on any atom is 0.0156 e. The zero-order valence-electron chi connectivity index (χ0n) is 2.65. The van der Waals surface area contributed by atoms with Gasteiger partial charge < -0.3 is 0 Å². The molecule has 0 aromatic rings. The van der Waals surface area contributed by atoms with Gasteiger partial charge in [0, 0.05) is 5.92 Å². The van der Waals surface area contributed by atoms with Crippen LogP contribution in [0.1, 0.15) is 6.92 Å². The molecule has 0 heterocycles. The van der Waals surface area contributed by atoms with E-state index in [4.69, 9.17) is 0 Å². The van der Waals surface area contributed by atoms with Crippen LogP contribution in [0, 0.1) is 5.92 Å². The molecule has 1 rings (SSSR count). The highest BCUT2D eigenvalue weighted by Crippen LogP contribution is 2.14. The minimum absolute atomic E-state index is 1.42. The highest BCUT2D eigenvalue weighted by atomic mass is 14.0. The lowest BCUT2D eigenvalue weighted by Crippen LogP contribution is -1.43. The first-order valence-electron chi connectivity index (χ1n) is 1.41. The van der Waals surface area contributed by atoms with Crippen LogP contribution in [0.5, 0.6) is 0 Å². The Morgan fingerprint density at radius 2 is 1.75 bits per heavy atom. The quantitative estimate of drug-likeness (QED) is 0.388. The van der Waals surface area contributed by atoms with E-state index in [-0.39, 0.29) is 0 Å². The standard InChI is InChI=1S/C4H5/c1-4-2-3-4/h2-3H,1H3. The van der Waals surface area contributed by atoms with Crippen LogP contribution < -0.4 is 0 Å². The molecule has 1 aliphatic rings. The number of hydrogen-bond donors (Lipinski definition) is 0. The van der Waals surface area contributed by atoms with Gasteiger partial charge in [-0.05, 0) is 0 Å². The van der Waals surface area contributed by atoms with Crippen molar-refractivity contribution in [1.29, 1.82) is 0 Å². The normalized spacial score (nSPS) is 22.2. The third-order valence-electron chi connectivity index (χ3n) is 0.500. The maximum absolute atomic E-state index is 2.08. The van der Waals surface area contributed by atoms with E-state index in [1.165, 1.54) is 5.92 Å². The van der Waals surface area contributed by atoms with Gasteiger partial charge in [0.05, 0.1) is 0 Å². The van der Waals surface area contributed by atoms with Crippen molar-refractivity contribution in [3.05, 3.63) is 18.1 Å². The lowest BCUT2D eigenvalue weighted by Gasteiger charge is -1.56. The molecule has 0 spiro atoms. The minimum atomic E-state index is 1.42. The zero-order valence-corrected chi connectivity index (χ0v) is 2.65. The Bertz CT molecular complexity index is 38.0. The summed E-state index contributed by atoms with van der Waals surface area (Å²) in [6.07, 6.45) is 4.17. The molecule has 0 aliphatic heterocycles. The van der Waals surface area contributed by atoms with Crippen LogP contribution in [-0.2, 0) is 0 Å². The van der Waals surface area contributed by atoms with Crippen molar-refractivity contribution in [2.75, 3.05) is 0 Å². The summed E-state index contributed by atoms with van der Waals surface area (Å²) in [5, 5.41) is 0. The molecule has 4 heavy (non-hydrogen) atoms. The van der Waals surface area contributed by atoms with Crippen molar-refractivity contribution in [3.63, 3.8) is 0 Å². The third kappa shape index (κ3) is 0.127. The molecule has 0 unspecified atom stereocenters. The lowest BCUT2D eigenvalue weighted by molar-refractivity contribution is 1.51. The minimum Gasteiger partial charge on any atom is -0.0768 e. The third-order valence-corrected chi connectivity index (χ3v) is 0.500. The van der Waals surface area contributed by atoms with Crippen molar-refractivity contribution in [2.24, 2.45) is 0 Å². The first-order valence-corrected chi connectivity index (χ1v) is 1.41. The number of rotatable bonds is 0. The fourth-order valence-electron chi connectivity index (χ4n) is 0.0833. The molecule has 0 bridgehead atoms. The molecule has 21 valence electrons. The van der Waals surface area contributed by atoms with Crippen LogP contribution in [0.15, 0.2) is 12.2 Å². The molecular formula is C4H5. The molecule has 1 radical (unpaired) electrons. The Morgan fingerprint density at radius 1 is 1.50 bits per heavy atom. The average Bonchev–Trinajstić information content (AvgIpc) is 1.75. The predicted molar refractivity (Wildman–Crippen MR) is 18.1 cm³/mol. The summed E-state index contributed by atoms with van der Waals surface area (Å²) in [5.41, 5.74) is 0. The highest BCUT2D eigenvalue weighted by molar-refractivity contribution is 5.36. The van der Waals surface area contributed by atoms with Crippen LogP contribution in [-0.4, -0.2) is 0 Å². The Kier molecular flexibility index (Phi) is 0.185. The first-order chi connectivity index (χ1) is 1.89. The van der Waals surface area contributed by atoms with Crippen LogP contribution >= 0.6 is 0 Å². The summed E-state index contributed by atoms with van der Waals surface area (Å²) in [7, 11) is 0. The fraction of sp³-hybridized carbons (Fsp3) is 0.250. The maximum atomic E-state index is 2.08. The lowest BCUT2D eigenvalue weighted by atomic mass is 10.5. The van der Waals surface area contributed by atoms with E-state index in [0.29, 0.717) is 0 Å². The van der Waals surface area contributed by atoms with Gasteiger partial charge in [-0.3, -0.25) is 0 Å². The molecule has 0 heteroatoms. The van der Waals surface area contributed by atoms with E-state index in [1.54, 1.807) is 0 Å². The molecule has 0 atom stereocenters. The molecule has 0 amide bonds.